The Morgan fingerprint density at radius 2 is 1.79 bits per heavy atom. The molecule has 132 valence electrons. The Morgan fingerprint density at radius 3 is 2.33 bits per heavy atom. The Balaban J connectivity index is 2.00. The van der Waals surface area contributed by atoms with Gasteiger partial charge in [-0.3, -0.25) is 9.59 Å². The van der Waals surface area contributed by atoms with Gasteiger partial charge in [-0.15, -0.1) is 0 Å². The summed E-state index contributed by atoms with van der Waals surface area (Å²) in [6, 6.07) is 5.59. The number of hydrogen-bond donors (Lipinski definition) is 1. The monoisotopic (exact) mass is 352 g/mol. The first-order valence-electron chi connectivity index (χ1n) is 8.03. The van der Waals surface area contributed by atoms with Crippen molar-refractivity contribution in [1.82, 2.24) is 10.2 Å². The van der Waals surface area contributed by atoms with Crippen molar-refractivity contribution in [2.24, 2.45) is 0 Å². The van der Waals surface area contributed by atoms with E-state index >= 15 is 0 Å². The molecule has 2 amide bonds. The minimum Gasteiger partial charge on any atom is -0.358 e. The fraction of sp³-hybridized carbons (Fsp3) is 0.529. The van der Waals surface area contributed by atoms with E-state index in [0.717, 1.165) is 11.1 Å². The highest BCUT2D eigenvalue weighted by molar-refractivity contribution is 7.92. The molecule has 1 N–H and O–H groups in total. The smallest absolute Gasteiger partial charge is 0.253 e. The van der Waals surface area contributed by atoms with Crippen LogP contribution in [0, 0.1) is 13.8 Å². The second-order valence-corrected chi connectivity index (χ2v) is 8.55. The molecule has 1 aromatic carbocycles. The molecule has 1 aliphatic rings. The molecule has 2 rings (SSSR count). The molecule has 7 heteroatoms. The largest absolute Gasteiger partial charge is 0.358 e. The SMILES string of the molecule is CNC(=O)CS(=O)(=O)C1CCN(C(=O)c2ccc(C)c(C)c2)CC1. The molecular weight excluding hydrogens is 328 g/mol. The van der Waals surface area contributed by atoms with Gasteiger partial charge in [0.15, 0.2) is 9.84 Å². The molecule has 0 aliphatic carbocycles. The van der Waals surface area contributed by atoms with E-state index in [4.69, 9.17) is 0 Å². The van der Waals surface area contributed by atoms with E-state index in [1.807, 2.05) is 26.0 Å². The van der Waals surface area contributed by atoms with E-state index in [1.54, 1.807) is 11.0 Å². The van der Waals surface area contributed by atoms with Crippen LogP contribution in [-0.2, 0) is 14.6 Å². The summed E-state index contributed by atoms with van der Waals surface area (Å²) in [5.41, 5.74) is 2.82. The van der Waals surface area contributed by atoms with Crippen LogP contribution >= 0.6 is 0 Å². The van der Waals surface area contributed by atoms with Crippen molar-refractivity contribution in [3.05, 3.63) is 34.9 Å². The molecule has 0 unspecified atom stereocenters. The van der Waals surface area contributed by atoms with Crippen LogP contribution in [0.4, 0.5) is 0 Å². The number of carbonyl (C=O) groups excluding carboxylic acids is 2. The van der Waals surface area contributed by atoms with E-state index in [1.165, 1.54) is 7.05 Å². The lowest BCUT2D eigenvalue weighted by atomic mass is 10.0. The number of sulfone groups is 1. The van der Waals surface area contributed by atoms with Crippen LogP contribution in [0.25, 0.3) is 0 Å². The third-order valence-electron chi connectivity index (χ3n) is 4.60. The average molecular weight is 352 g/mol. The molecule has 1 saturated heterocycles. The van der Waals surface area contributed by atoms with Crippen LogP contribution in [0.3, 0.4) is 0 Å². The van der Waals surface area contributed by atoms with Crippen LogP contribution in [0.5, 0.6) is 0 Å². The fourth-order valence-corrected chi connectivity index (χ4v) is 4.52. The highest BCUT2D eigenvalue weighted by Gasteiger charge is 2.33. The van der Waals surface area contributed by atoms with Crippen molar-refractivity contribution in [3.8, 4) is 0 Å². The van der Waals surface area contributed by atoms with Gasteiger partial charge in [-0.1, -0.05) is 6.07 Å². The third kappa shape index (κ3) is 4.14. The summed E-state index contributed by atoms with van der Waals surface area (Å²) in [7, 11) is -2.05. The van der Waals surface area contributed by atoms with Crippen LogP contribution in [0.15, 0.2) is 18.2 Å². The topological polar surface area (TPSA) is 83.6 Å². The van der Waals surface area contributed by atoms with Gasteiger partial charge < -0.3 is 10.2 Å². The average Bonchev–Trinajstić information content (AvgIpc) is 2.56. The number of benzene rings is 1. The number of nitrogens with zero attached hydrogens (tertiary/aromatic N) is 1. The number of aryl methyl sites for hydroxylation is 2. The van der Waals surface area contributed by atoms with Crippen molar-refractivity contribution >= 4 is 21.7 Å². The number of nitrogens with one attached hydrogen (secondary N) is 1. The van der Waals surface area contributed by atoms with Crippen LogP contribution in [0.1, 0.15) is 34.3 Å². The summed E-state index contributed by atoms with van der Waals surface area (Å²) in [6.45, 7) is 4.74. The lowest BCUT2D eigenvalue weighted by Gasteiger charge is -2.31. The third-order valence-corrected chi connectivity index (χ3v) is 6.75. The summed E-state index contributed by atoms with van der Waals surface area (Å²) in [4.78, 5) is 25.6. The molecule has 0 spiro atoms. The van der Waals surface area contributed by atoms with E-state index in [9.17, 15) is 18.0 Å². The number of carbonyl (C=O) groups is 2. The molecule has 0 atom stereocenters. The summed E-state index contributed by atoms with van der Waals surface area (Å²) in [6.07, 6.45) is 0.742. The van der Waals surface area contributed by atoms with Crippen LogP contribution < -0.4 is 5.32 Å². The predicted molar refractivity (Wildman–Crippen MR) is 92.7 cm³/mol. The molecule has 6 nitrogen and oxygen atoms in total. The first-order valence-corrected chi connectivity index (χ1v) is 9.75. The Morgan fingerprint density at radius 1 is 1.17 bits per heavy atom. The maximum atomic E-state index is 12.6. The standard InChI is InChI=1S/C17H24N2O4S/c1-12-4-5-14(10-13(12)2)17(21)19-8-6-15(7-9-19)24(22,23)11-16(20)18-3/h4-5,10,15H,6-9,11H2,1-3H3,(H,18,20). The van der Waals surface area contributed by atoms with Gasteiger partial charge >= 0.3 is 0 Å². The molecular formula is C17H24N2O4S. The van der Waals surface area contributed by atoms with Gasteiger partial charge in [-0.05, 0) is 49.9 Å². The van der Waals surface area contributed by atoms with Gasteiger partial charge in [-0.2, -0.15) is 0 Å². The lowest BCUT2D eigenvalue weighted by molar-refractivity contribution is -0.118. The molecule has 1 heterocycles. The summed E-state index contributed by atoms with van der Waals surface area (Å²) in [5, 5.41) is 1.78. The van der Waals surface area contributed by atoms with Gasteiger partial charge in [0.25, 0.3) is 5.91 Å². The first-order chi connectivity index (χ1) is 11.2. The molecule has 0 aromatic heterocycles. The van der Waals surface area contributed by atoms with Gasteiger partial charge in [0.1, 0.15) is 5.75 Å². The van der Waals surface area contributed by atoms with E-state index < -0.39 is 26.7 Å². The molecule has 24 heavy (non-hydrogen) atoms. The number of amides is 2. The lowest BCUT2D eigenvalue weighted by Crippen LogP contribution is -2.44. The van der Waals surface area contributed by atoms with E-state index in [-0.39, 0.29) is 5.91 Å². The predicted octanol–water partition coefficient (Wildman–Crippen LogP) is 1.07. The minimum atomic E-state index is -3.47. The Hall–Kier alpha value is -1.89. The Bertz CT molecular complexity index is 735. The minimum absolute atomic E-state index is 0.0692. The molecule has 1 aliphatic heterocycles. The Labute approximate surface area is 143 Å². The molecule has 0 bridgehead atoms. The highest BCUT2D eigenvalue weighted by Crippen LogP contribution is 2.21. The van der Waals surface area contributed by atoms with Gasteiger partial charge in [0, 0.05) is 25.7 Å². The number of hydrogen-bond acceptors (Lipinski definition) is 4. The summed E-state index contributed by atoms with van der Waals surface area (Å²) < 4.78 is 24.4. The van der Waals surface area contributed by atoms with Crippen molar-refractivity contribution in [1.29, 1.82) is 0 Å². The Kier molecular flexibility index (Phi) is 5.64. The summed E-state index contributed by atoms with van der Waals surface area (Å²) >= 11 is 0. The van der Waals surface area contributed by atoms with Crippen molar-refractivity contribution in [3.63, 3.8) is 0 Å². The van der Waals surface area contributed by atoms with E-state index in [0.29, 0.717) is 31.5 Å². The normalized spacial score (nSPS) is 16.0. The quantitative estimate of drug-likeness (QED) is 0.878. The van der Waals surface area contributed by atoms with Crippen molar-refractivity contribution < 1.29 is 18.0 Å². The highest BCUT2D eigenvalue weighted by atomic mass is 32.2. The maximum Gasteiger partial charge on any atom is 0.253 e. The molecule has 0 radical (unpaired) electrons. The van der Waals surface area contributed by atoms with Gasteiger partial charge in [0.05, 0.1) is 5.25 Å². The number of piperidine rings is 1. The molecule has 1 aromatic rings. The zero-order valence-electron chi connectivity index (χ0n) is 14.3. The van der Waals surface area contributed by atoms with Crippen LogP contribution in [0.2, 0.25) is 0 Å². The zero-order valence-corrected chi connectivity index (χ0v) is 15.1. The van der Waals surface area contributed by atoms with Gasteiger partial charge in [-0.25, -0.2) is 8.42 Å². The number of rotatable bonds is 4. The summed E-state index contributed by atoms with van der Waals surface area (Å²) in [5.74, 6) is -1.05. The zero-order chi connectivity index (χ0) is 17.9. The van der Waals surface area contributed by atoms with Crippen LogP contribution in [-0.4, -0.2) is 56.3 Å². The fourth-order valence-electron chi connectivity index (χ4n) is 2.85. The second kappa shape index (κ2) is 7.34. The second-order valence-electron chi connectivity index (χ2n) is 6.27. The molecule has 1 fully saturated rings. The van der Waals surface area contributed by atoms with Gasteiger partial charge in [0.2, 0.25) is 5.91 Å². The van der Waals surface area contributed by atoms with E-state index in [2.05, 4.69) is 5.32 Å². The van der Waals surface area contributed by atoms with Crippen molar-refractivity contribution in [2.75, 3.05) is 25.9 Å². The first kappa shape index (κ1) is 18.4. The number of likely N-dealkylation sites (tertiary alicyclic amines) is 1. The maximum absolute atomic E-state index is 12.6. The van der Waals surface area contributed by atoms with Crippen molar-refractivity contribution in [2.45, 2.75) is 31.9 Å². The molecule has 0 saturated carbocycles.